The topological polar surface area (TPSA) is 18.5 Å². The Morgan fingerprint density at radius 3 is 2.37 bits per heavy atom. The van der Waals surface area contributed by atoms with Crippen molar-refractivity contribution >= 4 is 26.9 Å². The molecule has 0 saturated carbocycles. The third-order valence-electron chi connectivity index (χ3n) is 4.14. The summed E-state index contributed by atoms with van der Waals surface area (Å²) in [6.45, 7) is 4.37. The molecular weight excluding hydrogens is 389 g/mol. The second-order valence-corrected chi connectivity index (χ2v) is 8.01. The summed E-state index contributed by atoms with van der Waals surface area (Å²) in [4.78, 5) is 0. The zero-order chi connectivity index (χ0) is 20.0. The van der Waals surface area contributed by atoms with Crippen molar-refractivity contribution in [2.75, 3.05) is 0 Å². The van der Waals surface area contributed by atoms with E-state index in [0.717, 1.165) is 38.5 Å². The summed E-state index contributed by atoms with van der Waals surface area (Å²) in [5.41, 5.74) is 0. The van der Waals surface area contributed by atoms with E-state index in [2.05, 4.69) is 80.9 Å². The molecule has 0 aromatic heterocycles. The van der Waals surface area contributed by atoms with Crippen molar-refractivity contribution in [2.45, 2.75) is 90.3 Å². The van der Waals surface area contributed by atoms with Crippen LogP contribution in [0.25, 0.3) is 0 Å². The normalized spacial score (nSPS) is 15.4. The summed E-state index contributed by atoms with van der Waals surface area (Å²) in [6.07, 6.45) is 29.5. The zero-order valence-corrected chi connectivity index (χ0v) is 20.6. The Hall–Kier alpha value is 0.170. The van der Waals surface area contributed by atoms with Gasteiger partial charge in [-0.2, -0.15) is 0 Å². The third kappa shape index (κ3) is 19.3. The Labute approximate surface area is 175 Å². The standard InChI is InChI=1S/C22H41O2P3/c1-3-5-7-8-9-10-14-17-21(23-25)18-15-11-12-16-20-22(24-27-26)19-13-6-4-2/h6-8,10,13-14,16,20-22,27H,3-5,9,11-12,15,17-19,25-26H2,1-2H3/b8-7-,13-6-,14-10-,20-16+. The van der Waals surface area contributed by atoms with Gasteiger partial charge in [-0.25, -0.2) is 0 Å². The minimum absolute atomic E-state index is 0.211. The molecule has 0 aliphatic carbocycles. The van der Waals surface area contributed by atoms with Gasteiger partial charge in [-0.15, -0.1) is 0 Å². The molecule has 2 nitrogen and oxygen atoms in total. The summed E-state index contributed by atoms with van der Waals surface area (Å²) in [7, 11) is 5.55. The van der Waals surface area contributed by atoms with Crippen LogP contribution in [-0.2, 0) is 9.05 Å². The highest BCUT2D eigenvalue weighted by Gasteiger charge is 2.04. The van der Waals surface area contributed by atoms with Crippen LogP contribution in [0.3, 0.4) is 0 Å². The highest BCUT2D eigenvalue weighted by atomic mass is 32.0. The Balaban J connectivity index is 3.90. The SMILES string of the molecule is CC/C=C\CC(/C=C/CCCCC(C/C=C\C/C=C\CCC)OP)OPP. The van der Waals surface area contributed by atoms with Crippen molar-refractivity contribution in [1.82, 2.24) is 0 Å². The van der Waals surface area contributed by atoms with Crippen LogP contribution >= 0.6 is 26.9 Å². The number of allylic oxidation sites excluding steroid dienone is 5. The van der Waals surface area contributed by atoms with Gasteiger partial charge >= 0.3 is 0 Å². The van der Waals surface area contributed by atoms with E-state index < -0.39 is 0 Å². The quantitative estimate of drug-likeness (QED) is 0.124. The van der Waals surface area contributed by atoms with E-state index >= 15 is 0 Å². The highest BCUT2D eigenvalue weighted by molar-refractivity contribution is 8.00. The van der Waals surface area contributed by atoms with Gasteiger partial charge in [-0.1, -0.05) is 84.2 Å². The van der Waals surface area contributed by atoms with Crippen LogP contribution in [0.15, 0.2) is 48.6 Å². The molecule has 0 saturated heterocycles. The molecule has 0 heterocycles. The number of unbranched alkanes of at least 4 members (excludes halogenated alkanes) is 3. The van der Waals surface area contributed by atoms with Gasteiger partial charge in [0.05, 0.1) is 12.2 Å². The first-order valence-electron chi connectivity index (χ1n) is 10.4. The van der Waals surface area contributed by atoms with Crippen molar-refractivity contribution in [3.8, 4) is 0 Å². The monoisotopic (exact) mass is 430 g/mol. The van der Waals surface area contributed by atoms with Gasteiger partial charge in [0.1, 0.15) is 0 Å². The summed E-state index contributed by atoms with van der Waals surface area (Å²) in [5, 5.41) is 0. The van der Waals surface area contributed by atoms with E-state index in [-0.39, 0.29) is 6.10 Å². The lowest BCUT2D eigenvalue weighted by molar-refractivity contribution is 0.225. The van der Waals surface area contributed by atoms with Crippen LogP contribution < -0.4 is 0 Å². The predicted octanol–water partition coefficient (Wildman–Crippen LogP) is 8.10. The molecule has 0 fully saturated rings. The van der Waals surface area contributed by atoms with Gasteiger partial charge in [0.2, 0.25) is 0 Å². The predicted molar refractivity (Wildman–Crippen MR) is 132 cm³/mol. The fraction of sp³-hybridized carbons (Fsp3) is 0.636. The van der Waals surface area contributed by atoms with Crippen molar-refractivity contribution in [1.29, 1.82) is 0 Å². The number of rotatable bonds is 18. The van der Waals surface area contributed by atoms with Gasteiger partial charge in [0.25, 0.3) is 0 Å². The van der Waals surface area contributed by atoms with Gasteiger partial charge in [0.15, 0.2) is 0 Å². The van der Waals surface area contributed by atoms with Crippen LogP contribution in [0.5, 0.6) is 0 Å². The fourth-order valence-corrected chi connectivity index (χ4v) is 3.70. The maximum Gasteiger partial charge on any atom is 0.0833 e. The molecule has 5 atom stereocenters. The molecule has 0 spiro atoms. The first-order chi connectivity index (χ1) is 13.3. The van der Waals surface area contributed by atoms with Crippen molar-refractivity contribution < 1.29 is 9.05 Å². The smallest absolute Gasteiger partial charge is 0.0833 e. The van der Waals surface area contributed by atoms with Crippen LogP contribution in [0.4, 0.5) is 0 Å². The molecule has 0 N–H and O–H groups in total. The van der Waals surface area contributed by atoms with Gasteiger partial charge in [-0.05, 0) is 51.4 Å². The van der Waals surface area contributed by atoms with Gasteiger partial charge in [-0.3, -0.25) is 0 Å². The lowest BCUT2D eigenvalue weighted by atomic mass is 10.1. The maximum absolute atomic E-state index is 5.75. The zero-order valence-electron chi connectivity index (χ0n) is 17.3. The van der Waals surface area contributed by atoms with E-state index in [4.69, 9.17) is 9.05 Å². The summed E-state index contributed by atoms with van der Waals surface area (Å²) in [6, 6.07) is 0. The second-order valence-electron chi connectivity index (χ2n) is 6.56. The first-order valence-corrected chi connectivity index (χ1v) is 13.6. The molecule has 5 heteroatoms. The third-order valence-corrected chi connectivity index (χ3v) is 5.37. The van der Waals surface area contributed by atoms with E-state index in [9.17, 15) is 0 Å². The van der Waals surface area contributed by atoms with Crippen molar-refractivity contribution in [2.24, 2.45) is 0 Å². The molecule has 0 rings (SSSR count). The molecule has 27 heavy (non-hydrogen) atoms. The highest BCUT2D eigenvalue weighted by Crippen LogP contribution is 2.26. The molecule has 0 aliphatic rings. The molecule has 5 unspecified atom stereocenters. The Morgan fingerprint density at radius 1 is 0.889 bits per heavy atom. The summed E-state index contributed by atoms with van der Waals surface area (Å²) < 4.78 is 11.3. The molecule has 156 valence electrons. The van der Waals surface area contributed by atoms with Crippen molar-refractivity contribution in [3.63, 3.8) is 0 Å². The summed E-state index contributed by atoms with van der Waals surface area (Å²) >= 11 is 0. The van der Waals surface area contributed by atoms with E-state index in [1.165, 1.54) is 25.7 Å². The minimum atomic E-state index is 0.211. The van der Waals surface area contributed by atoms with Crippen LogP contribution in [0.2, 0.25) is 0 Å². The van der Waals surface area contributed by atoms with Gasteiger partial charge in [0, 0.05) is 18.0 Å². The molecule has 0 aromatic carbocycles. The Morgan fingerprint density at radius 2 is 1.67 bits per heavy atom. The molecular formula is C22H41O2P3. The summed E-state index contributed by atoms with van der Waals surface area (Å²) in [5.74, 6) is 0. The second kappa shape index (κ2) is 22.5. The Kier molecular flexibility index (Phi) is 22.6. The lowest BCUT2D eigenvalue weighted by Crippen LogP contribution is -2.05. The average molecular weight is 430 g/mol. The molecule has 0 bridgehead atoms. The lowest BCUT2D eigenvalue weighted by Gasteiger charge is -2.12. The number of hydrogen-bond acceptors (Lipinski definition) is 2. The van der Waals surface area contributed by atoms with Crippen molar-refractivity contribution in [3.05, 3.63) is 48.6 Å². The van der Waals surface area contributed by atoms with E-state index in [1.807, 2.05) is 0 Å². The van der Waals surface area contributed by atoms with Gasteiger partial charge < -0.3 is 9.05 Å². The molecule has 0 amide bonds. The minimum Gasteiger partial charge on any atom is -0.362 e. The fourth-order valence-electron chi connectivity index (χ4n) is 2.58. The van der Waals surface area contributed by atoms with E-state index in [1.54, 1.807) is 0 Å². The molecule has 0 radical (unpaired) electrons. The molecule has 0 aliphatic heterocycles. The maximum atomic E-state index is 5.75. The number of hydrogen-bond donors (Lipinski definition) is 0. The van der Waals surface area contributed by atoms with Crippen LogP contribution in [-0.4, -0.2) is 12.2 Å². The Bertz CT molecular complexity index is 420. The first kappa shape index (κ1) is 27.2. The largest absolute Gasteiger partial charge is 0.362 e. The van der Waals surface area contributed by atoms with Crippen LogP contribution in [0, 0.1) is 0 Å². The molecule has 0 aromatic rings. The average Bonchev–Trinajstić information content (AvgIpc) is 2.68. The van der Waals surface area contributed by atoms with Crippen LogP contribution in [0.1, 0.15) is 78.1 Å². The van der Waals surface area contributed by atoms with E-state index in [0.29, 0.717) is 14.6 Å².